The van der Waals surface area contributed by atoms with E-state index in [4.69, 9.17) is 9.47 Å². The number of unbranched alkanes of at least 4 members (excludes halogenated alkanes) is 1. The van der Waals surface area contributed by atoms with Crippen LogP contribution in [0.1, 0.15) is 53.1 Å². The van der Waals surface area contributed by atoms with E-state index in [1.54, 1.807) is 32.0 Å². The van der Waals surface area contributed by atoms with Gasteiger partial charge in [-0.25, -0.2) is 14.6 Å². The molecule has 0 aliphatic rings. The standard InChI is InChI=1S/C19H22N4O4/c1-4-6-9-27-19(25)15-11(3)22-23-16(15)17-20-13-8-7-12(10-14(13)21-17)18(24)26-5-2/h7-8,10H,4-6,9H2,1-3H3,(H,20,21)(H,22,23). The number of aryl methyl sites for hydroxylation is 1. The predicted octanol–water partition coefficient (Wildman–Crippen LogP) is 3.40. The van der Waals surface area contributed by atoms with Crippen LogP contribution in [-0.2, 0) is 9.47 Å². The summed E-state index contributed by atoms with van der Waals surface area (Å²) >= 11 is 0. The second kappa shape index (κ2) is 8.03. The van der Waals surface area contributed by atoms with Crippen molar-refractivity contribution in [3.63, 3.8) is 0 Å². The van der Waals surface area contributed by atoms with Gasteiger partial charge in [0, 0.05) is 5.69 Å². The Labute approximate surface area is 156 Å². The molecule has 0 saturated carbocycles. The number of carbonyl (C=O) groups excluding carboxylic acids is 2. The van der Waals surface area contributed by atoms with E-state index in [1.165, 1.54) is 0 Å². The van der Waals surface area contributed by atoms with Gasteiger partial charge >= 0.3 is 11.9 Å². The van der Waals surface area contributed by atoms with Crippen molar-refractivity contribution in [2.45, 2.75) is 33.6 Å². The Hall–Kier alpha value is -3.16. The zero-order chi connectivity index (χ0) is 19.4. The van der Waals surface area contributed by atoms with Gasteiger partial charge in [-0.05, 0) is 38.5 Å². The molecule has 3 rings (SSSR count). The van der Waals surface area contributed by atoms with Crippen LogP contribution in [-0.4, -0.2) is 45.3 Å². The Bertz CT molecular complexity index is 973. The minimum atomic E-state index is -0.433. The average Bonchev–Trinajstić information content (AvgIpc) is 3.24. The molecule has 0 aliphatic heterocycles. The summed E-state index contributed by atoms with van der Waals surface area (Å²) in [7, 11) is 0. The minimum Gasteiger partial charge on any atom is -0.462 e. The maximum atomic E-state index is 12.4. The lowest BCUT2D eigenvalue weighted by molar-refractivity contribution is 0.0497. The molecule has 2 aromatic heterocycles. The number of fused-ring (bicyclic) bond motifs is 1. The average molecular weight is 370 g/mol. The molecule has 0 fully saturated rings. The third-order valence-electron chi connectivity index (χ3n) is 4.10. The molecule has 1 aromatic carbocycles. The van der Waals surface area contributed by atoms with Gasteiger partial charge in [0.15, 0.2) is 5.82 Å². The Morgan fingerprint density at radius 2 is 1.96 bits per heavy atom. The maximum Gasteiger partial charge on any atom is 0.342 e. The number of H-pyrrole nitrogens is 2. The van der Waals surface area contributed by atoms with Crippen molar-refractivity contribution in [3.8, 4) is 11.5 Å². The van der Waals surface area contributed by atoms with Crippen molar-refractivity contribution in [2.75, 3.05) is 13.2 Å². The zero-order valence-electron chi connectivity index (χ0n) is 15.6. The molecule has 8 heteroatoms. The van der Waals surface area contributed by atoms with Crippen LogP contribution in [0.2, 0.25) is 0 Å². The summed E-state index contributed by atoms with van der Waals surface area (Å²) in [5.74, 6) is -0.407. The summed E-state index contributed by atoms with van der Waals surface area (Å²) in [5.41, 5.74) is 3.09. The minimum absolute atomic E-state index is 0.304. The van der Waals surface area contributed by atoms with Crippen LogP contribution in [0.3, 0.4) is 0 Å². The highest BCUT2D eigenvalue weighted by Gasteiger charge is 2.23. The maximum absolute atomic E-state index is 12.4. The molecule has 8 nitrogen and oxygen atoms in total. The lowest BCUT2D eigenvalue weighted by Crippen LogP contribution is -2.08. The largest absolute Gasteiger partial charge is 0.462 e. The van der Waals surface area contributed by atoms with Crippen LogP contribution >= 0.6 is 0 Å². The first-order chi connectivity index (χ1) is 13.0. The van der Waals surface area contributed by atoms with E-state index < -0.39 is 11.9 Å². The lowest BCUT2D eigenvalue weighted by atomic mass is 10.2. The summed E-state index contributed by atoms with van der Waals surface area (Å²) in [4.78, 5) is 32.0. The first kappa shape index (κ1) is 18.6. The van der Waals surface area contributed by atoms with Crippen LogP contribution in [0, 0.1) is 6.92 Å². The molecule has 0 aliphatic carbocycles. The molecule has 0 spiro atoms. The number of nitrogens with one attached hydrogen (secondary N) is 2. The summed E-state index contributed by atoms with van der Waals surface area (Å²) in [5, 5.41) is 7.02. The van der Waals surface area contributed by atoms with E-state index in [-0.39, 0.29) is 0 Å². The van der Waals surface area contributed by atoms with Crippen LogP contribution in [0.25, 0.3) is 22.6 Å². The SMILES string of the molecule is CCCCOC(=O)c1c(-c2nc3cc(C(=O)OCC)ccc3[nH]2)n[nH]c1C. The second-order valence-electron chi connectivity index (χ2n) is 6.10. The van der Waals surface area contributed by atoms with Gasteiger partial charge in [-0.3, -0.25) is 5.10 Å². The Morgan fingerprint density at radius 1 is 1.15 bits per heavy atom. The Morgan fingerprint density at radius 3 is 2.70 bits per heavy atom. The van der Waals surface area contributed by atoms with Gasteiger partial charge in [0.25, 0.3) is 0 Å². The first-order valence-electron chi connectivity index (χ1n) is 8.94. The molecule has 0 unspecified atom stereocenters. The van der Waals surface area contributed by atoms with Crippen LogP contribution in [0.5, 0.6) is 0 Å². The number of imidazole rings is 1. The number of aromatic amines is 2. The van der Waals surface area contributed by atoms with Gasteiger partial charge in [-0.1, -0.05) is 13.3 Å². The first-order valence-corrected chi connectivity index (χ1v) is 8.94. The molecule has 0 amide bonds. The molecule has 3 aromatic rings. The molecule has 2 N–H and O–H groups in total. The number of hydrogen-bond donors (Lipinski definition) is 2. The quantitative estimate of drug-likeness (QED) is 0.487. The fourth-order valence-electron chi connectivity index (χ4n) is 2.69. The van der Waals surface area contributed by atoms with Crippen LogP contribution < -0.4 is 0 Å². The van der Waals surface area contributed by atoms with E-state index in [0.717, 1.165) is 18.4 Å². The predicted molar refractivity (Wildman–Crippen MR) is 99.6 cm³/mol. The molecule has 2 heterocycles. The number of ether oxygens (including phenoxy) is 2. The molecule has 0 radical (unpaired) electrons. The fraction of sp³-hybridized carbons (Fsp3) is 0.368. The molecular formula is C19H22N4O4. The molecular weight excluding hydrogens is 348 g/mol. The van der Waals surface area contributed by atoms with Crippen molar-refractivity contribution in [3.05, 3.63) is 35.0 Å². The topological polar surface area (TPSA) is 110 Å². The van der Waals surface area contributed by atoms with Crippen LogP contribution in [0.15, 0.2) is 18.2 Å². The lowest BCUT2D eigenvalue weighted by Gasteiger charge is -2.04. The number of nitrogens with zero attached hydrogens (tertiary/aromatic N) is 2. The highest BCUT2D eigenvalue weighted by Crippen LogP contribution is 2.25. The number of benzene rings is 1. The molecule has 27 heavy (non-hydrogen) atoms. The van der Waals surface area contributed by atoms with E-state index >= 15 is 0 Å². The monoisotopic (exact) mass is 370 g/mol. The van der Waals surface area contributed by atoms with Crippen molar-refractivity contribution in [1.82, 2.24) is 20.2 Å². The summed E-state index contributed by atoms with van der Waals surface area (Å²) in [6, 6.07) is 5.06. The van der Waals surface area contributed by atoms with Crippen molar-refractivity contribution < 1.29 is 19.1 Å². The highest BCUT2D eigenvalue weighted by atomic mass is 16.5. The number of carbonyl (C=O) groups is 2. The number of esters is 2. The molecule has 0 bridgehead atoms. The fourth-order valence-corrected chi connectivity index (χ4v) is 2.69. The van der Waals surface area contributed by atoms with E-state index in [1.807, 2.05) is 6.92 Å². The smallest absolute Gasteiger partial charge is 0.342 e. The summed E-state index contributed by atoms with van der Waals surface area (Å²) in [6.07, 6.45) is 1.75. The van der Waals surface area contributed by atoms with Crippen molar-refractivity contribution in [1.29, 1.82) is 0 Å². The molecule has 142 valence electrons. The van der Waals surface area contributed by atoms with E-state index in [9.17, 15) is 9.59 Å². The van der Waals surface area contributed by atoms with Crippen molar-refractivity contribution in [2.24, 2.45) is 0 Å². The van der Waals surface area contributed by atoms with E-state index in [2.05, 4.69) is 20.2 Å². The van der Waals surface area contributed by atoms with Gasteiger partial charge in [-0.2, -0.15) is 5.10 Å². The number of aromatic nitrogens is 4. The van der Waals surface area contributed by atoms with Gasteiger partial charge in [0.1, 0.15) is 11.3 Å². The van der Waals surface area contributed by atoms with Gasteiger partial charge < -0.3 is 14.5 Å². The Balaban J connectivity index is 1.94. The summed E-state index contributed by atoms with van der Waals surface area (Å²) < 4.78 is 10.3. The van der Waals surface area contributed by atoms with Crippen LogP contribution in [0.4, 0.5) is 0 Å². The van der Waals surface area contributed by atoms with Gasteiger partial charge in [0.2, 0.25) is 0 Å². The summed E-state index contributed by atoms with van der Waals surface area (Å²) in [6.45, 7) is 6.21. The Kier molecular flexibility index (Phi) is 5.54. The van der Waals surface area contributed by atoms with E-state index in [0.29, 0.717) is 47.1 Å². The second-order valence-corrected chi connectivity index (χ2v) is 6.10. The normalized spacial score (nSPS) is 10.9. The zero-order valence-corrected chi connectivity index (χ0v) is 15.6. The van der Waals surface area contributed by atoms with Crippen molar-refractivity contribution >= 4 is 23.0 Å². The van der Waals surface area contributed by atoms with Gasteiger partial charge in [0.05, 0.1) is 29.8 Å². The number of hydrogen-bond acceptors (Lipinski definition) is 6. The third-order valence-corrected chi connectivity index (χ3v) is 4.10. The molecule has 0 atom stereocenters. The van der Waals surface area contributed by atoms with Gasteiger partial charge in [-0.15, -0.1) is 0 Å². The molecule has 0 saturated heterocycles. The third kappa shape index (κ3) is 3.84. The highest BCUT2D eigenvalue weighted by molar-refractivity contribution is 5.98. The number of rotatable bonds is 7.